The van der Waals surface area contributed by atoms with Crippen molar-refractivity contribution in [3.05, 3.63) is 34.6 Å². The van der Waals surface area contributed by atoms with Crippen LogP contribution in [0.4, 0.5) is 4.39 Å². The summed E-state index contributed by atoms with van der Waals surface area (Å²) in [4.78, 5) is 2.11. The van der Waals surface area contributed by atoms with Gasteiger partial charge in [0.05, 0.1) is 0 Å². The normalized spacial score (nSPS) is 13.0. The Morgan fingerprint density at radius 1 is 1.39 bits per heavy atom. The molecule has 1 N–H and O–H groups in total. The zero-order valence-electron chi connectivity index (χ0n) is 11.3. The highest BCUT2D eigenvalue weighted by atomic mass is 35.5. The third kappa shape index (κ3) is 4.92. The van der Waals surface area contributed by atoms with Gasteiger partial charge >= 0.3 is 0 Å². The predicted octanol–water partition coefficient (Wildman–Crippen LogP) is 3.47. The van der Waals surface area contributed by atoms with E-state index in [0.717, 1.165) is 25.9 Å². The molecule has 18 heavy (non-hydrogen) atoms. The predicted molar refractivity (Wildman–Crippen MR) is 75.6 cm³/mol. The molecule has 1 atom stereocenters. The van der Waals surface area contributed by atoms with E-state index in [9.17, 15) is 4.39 Å². The summed E-state index contributed by atoms with van der Waals surface area (Å²) < 4.78 is 13.9. The lowest BCUT2D eigenvalue weighted by Crippen LogP contribution is -2.27. The fourth-order valence-electron chi connectivity index (χ4n) is 1.86. The van der Waals surface area contributed by atoms with E-state index in [1.54, 1.807) is 12.1 Å². The molecular formula is C14H22ClFN2. The molecule has 102 valence electrons. The molecule has 0 fully saturated rings. The second-order valence-corrected chi connectivity index (χ2v) is 5.20. The van der Waals surface area contributed by atoms with Crippen LogP contribution in [-0.2, 0) is 0 Å². The number of hydrogen-bond acceptors (Lipinski definition) is 2. The molecule has 1 rings (SSSR count). The molecule has 4 heteroatoms. The van der Waals surface area contributed by atoms with E-state index in [1.807, 2.05) is 14.1 Å². The third-order valence-electron chi connectivity index (χ3n) is 2.84. The second-order valence-electron chi connectivity index (χ2n) is 4.76. The molecule has 2 nitrogen and oxygen atoms in total. The van der Waals surface area contributed by atoms with Crippen LogP contribution < -0.4 is 5.32 Å². The van der Waals surface area contributed by atoms with Crippen molar-refractivity contribution in [1.29, 1.82) is 0 Å². The van der Waals surface area contributed by atoms with Crippen molar-refractivity contribution in [1.82, 2.24) is 10.2 Å². The van der Waals surface area contributed by atoms with Gasteiger partial charge in [-0.05, 0) is 52.2 Å². The average molecular weight is 273 g/mol. The second kappa shape index (κ2) is 7.72. The van der Waals surface area contributed by atoms with Gasteiger partial charge in [0.15, 0.2) is 0 Å². The highest BCUT2D eigenvalue weighted by Gasteiger charge is 2.15. The van der Waals surface area contributed by atoms with Crippen LogP contribution >= 0.6 is 11.6 Å². The molecule has 0 heterocycles. The molecule has 1 aromatic rings. The smallest absolute Gasteiger partial charge is 0.129 e. The summed E-state index contributed by atoms with van der Waals surface area (Å²) >= 11 is 5.78. The molecule has 0 spiro atoms. The van der Waals surface area contributed by atoms with E-state index in [1.165, 1.54) is 6.07 Å². The lowest BCUT2D eigenvalue weighted by atomic mass is 10.0. The van der Waals surface area contributed by atoms with E-state index in [-0.39, 0.29) is 11.9 Å². The van der Waals surface area contributed by atoms with Crippen LogP contribution in [0.1, 0.15) is 31.4 Å². The van der Waals surface area contributed by atoms with E-state index < -0.39 is 0 Å². The zero-order chi connectivity index (χ0) is 13.5. The summed E-state index contributed by atoms with van der Waals surface area (Å²) in [6.07, 6.45) is 1.92. The summed E-state index contributed by atoms with van der Waals surface area (Å²) in [7, 11) is 4.05. The van der Waals surface area contributed by atoms with Crippen molar-refractivity contribution >= 4 is 11.6 Å². The fourth-order valence-corrected chi connectivity index (χ4v) is 2.02. The maximum absolute atomic E-state index is 13.9. The first-order chi connectivity index (χ1) is 8.54. The van der Waals surface area contributed by atoms with Gasteiger partial charge < -0.3 is 10.2 Å². The minimum absolute atomic E-state index is 0.0459. The molecule has 0 saturated heterocycles. The first-order valence-corrected chi connectivity index (χ1v) is 6.75. The summed E-state index contributed by atoms with van der Waals surface area (Å²) in [5.41, 5.74) is 0.703. The molecule has 0 aliphatic rings. The Kier molecular flexibility index (Phi) is 6.61. The summed E-state index contributed by atoms with van der Waals surface area (Å²) in [6.45, 7) is 3.91. The highest BCUT2D eigenvalue weighted by Crippen LogP contribution is 2.23. The van der Waals surface area contributed by atoms with Crippen molar-refractivity contribution < 1.29 is 4.39 Å². The van der Waals surface area contributed by atoms with Crippen molar-refractivity contribution in [2.75, 3.05) is 27.2 Å². The maximum atomic E-state index is 13.9. The van der Waals surface area contributed by atoms with Crippen LogP contribution in [0.15, 0.2) is 18.2 Å². The number of rotatable bonds is 7. The molecule has 0 aromatic heterocycles. The number of benzene rings is 1. The molecule has 1 aromatic carbocycles. The molecule has 0 saturated carbocycles. The summed E-state index contributed by atoms with van der Waals surface area (Å²) in [5, 5.41) is 3.83. The van der Waals surface area contributed by atoms with Crippen LogP contribution in [0.3, 0.4) is 0 Å². The van der Waals surface area contributed by atoms with Crippen LogP contribution in [0, 0.1) is 5.82 Å². The molecular weight excluding hydrogens is 251 g/mol. The van der Waals surface area contributed by atoms with Gasteiger partial charge in [0.1, 0.15) is 5.82 Å². The average Bonchev–Trinajstić information content (AvgIpc) is 2.30. The van der Waals surface area contributed by atoms with E-state index in [0.29, 0.717) is 10.6 Å². The lowest BCUT2D eigenvalue weighted by Gasteiger charge is -2.21. The molecule has 0 amide bonds. The number of nitrogens with one attached hydrogen (secondary N) is 1. The lowest BCUT2D eigenvalue weighted by molar-refractivity contribution is 0.356. The standard InChI is InChI=1S/C14H22ClFN2/c1-4-8-17-14(7-9-18(2)3)12-6-5-11(15)10-13(12)16/h5-6,10,14,17H,4,7-9H2,1-3H3. The van der Waals surface area contributed by atoms with E-state index in [2.05, 4.69) is 17.1 Å². The van der Waals surface area contributed by atoms with E-state index >= 15 is 0 Å². The highest BCUT2D eigenvalue weighted by molar-refractivity contribution is 6.30. The van der Waals surface area contributed by atoms with Crippen molar-refractivity contribution in [2.45, 2.75) is 25.8 Å². The molecule has 0 bridgehead atoms. The van der Waals surface area contributed by atoms with Gasteiger partial charge in [0, 0.05) is 16.6 Å². The molecule has 0 aliphatic carbocycles. The van der Waals surface area contributed by atoms with Gasteiger partial charge in [0.2, 0.25) is 0 Å². The van der Waals surface area contributed by atoms with Gasteiger partial charge in [-0.2, -0.15) is 0 Å². The van der Waals surface area contributed by atoms with Crippen LogP contribution in [-0.4, -0.2) is 32.1 Å². The Bertz CT molecular complexity index is 369. The minimum Gasteiger partial charge on any atom is -0.310 e. The van der Waals surface area contributed by atoms with Crippen LogP contribution in [0.25, 0.3) is 0 Å². The van der Waals surface area contributed by atoms with Crippen molar-refractivity contribution in [3.8, 4) is 0 Å². The fraction of sp³-hybridized carbons (Fsp3) is 0.571. The minimum atomic E-state index is -0.227. The number of halogens is 2. The monoisotopic (exact) mass is 272 g/mol. The van der Waals surface area contributed by atoms with Gasteiger partial charge in [-0.25, -0.2) is 4.39 Å². The summed E-state index contributed by atoms with van der Waals surface area (Å²) in [6, 6.07) is 4.95. The Hall–Kier alpha value is -0.640. The molecule has 1 unspecified atom stereocenters. The zero-order valence-corrected chi connectivity index (χ0v) is 12.1. The molecule has 0 aliphatic heterocycles. The van der Waals surface area contributed by atoms with Gasteiger partial charge in [-0.1, -0.05) is 24.6 Å². The first-order valence-electron chi connectivity index (χ1n) is 6.37. The first kappa shape index (κ1) is 15.4. The Morgan fingerprint density at radius 2 is 2.11 bits per heavy atom. The van der Waals surface area contributed by atoms with Gasteiger partial charge in [-0.3, -0.25) is 0 Å². The number of nitrogens with zero attached hydrogens (tertiary/aromatic N) is 1. The molecule has 0 radical (unpaired) electrons. The topological polar surface area (TPSA) is 15.3 Å². The van der Waals surface area contributed by atoms with Crippen LogP contribution in [0.2, 0.25) is 5.02 Å². The summed E-state index contributed by atoms with van der Waals surface area (Å²) in [5.74, 6) is -0.227. The van der Waals surface area contributed by atoms with E-state index in [4.69, 9.17) is 11.6 Å². The quantitative estimate of drug-likeness (QED) is 0.818. The van der Waals surface area contributed by atoms with Crippen LogP contribution in [0.5, 0.6) is 0 Å². The third-order valence-corrected chi connectivity index (χ3v) is 3.08. The maximum Gasteiger partial charge on any atom is 0.129 e. The largest absolute Gasteiger partial charge is 0.310 e. The Labute approximate surface area is 114 Å². The Balaban J connectivity index is 2.79. The van der Waals surface area contributed by atoms with Gasteiger partial charge in [0.25, 0.3) is 0 Å². The number of hydrogen-bond donors (Lipinski definition) is 1. The van der Waals surface area contributed by atoms with Crippen molar-refractivity contribution in [3.63, 3.8) is 0 Å². The Morgan fingerprint density at radius 3 is 2.67 bits per heavy atom. The SMILES string of the molecule is CCCNC(CCN(C)C)c1ccc(Cl)cc1F. The van der Waals surface area contributed by atoms with Crippen molar-refractivity contribution in [2.24, 2.45) is 0 Å². The van der Waals surface area contributed by atoms with Gasteiger partial charge in [-0.15, -0.1) is 0 Å².